The van der Waals surface area contributed by atoms with E-state index < -0.39 is 155 Å². The van der Waals surface area contributed by atoms with Crippen molar-refractivity contribution in [3.05, 3.63) is 61.6 Å². The van der Waals surface area contributed by atoms with Crippen LogP contribution in [0.25, 0.3) is 44.7 Å². The molecular weight excluding hydrogens is 1320 g/mol. The fourth-order valence-electron chi connectivity index (χ4n) is 10.3. The first-order valence-electron chi connectivity index (χ1n) is 26.4. The molecule has 4 aliphatic rings. The van der Waals surface area contributed by atoms with Crippen molar-refractivity contribution in [1.29, 1.82) is 10.8 Å². The second kappa shape index (κ2) is 25.0. The summed E-state index contributed by atoms with van der Waals surface area (Å²) in [6, 6.07) is 0. The number of nitrogens with one attached hydrogen (secondary N) is 4. The Kier molecular flexibility index (Phi) is 18.2. The van der Waals surface area contributed by atoms with Gasteiger partial charge in [-0.15, -0.1) is 0 Å². The van der Waals surface area contributed by atoms with Crippen LogP contribution in [0.15, 0.2) is 50.6 Å². The van der Waals surface area contributed by atoms with E-state index >= 15 is 0 Å². The van der Waals surface area contributed by atoms with Crippen LogP contribution in [0.5, 0.6) is 0 Å². The number of phosphoric ester groups is 4. The van der Waals surface area contributed by atoms with Gasteiger partial charge in [0.05, 0.1) is 51.7 Å². The number of H-pyrrole nitrogens is 2. The summed E-state index contributed by atoms with van der Waals surface area (Å²) in [7, 11) is -22.8. The minimum Gasteiger partial charge on any atom is -0.756 e. The highest BCUT2D eigenvalue weighted by atomic mass is 31.3. The van der Waals surface area contributed by atoms with Crippen LogP contribution in [0, 0.1) is 10.8 Å². The van der Waals surface area contributed by atoms with E-state index in [1.807, 2.05) is 0 Å². The van der Waals surface area contributed by atoms with Crippen LogP contribution in [-0.2, 0) is 75.4 Å². The number of aliphatic hydroxyl groups is 8. The van der Waals surface area contributed by atoms with Gasteiger partial charge in [-0.1, -0.05) is 0 Å². The fraction of sp³-hybridized carbons (Fsp3) is 0.524. The number of aliphatic hydroxyl groups excluding tert-OH is 8. The van der Waals surface area contributed by atoms with Gasteiger partial charge in [0.25, 0.3) is 31.3 Å². The molecule has 4 saturated heterocycles. The molecule has 50 heteroatoms. The molecule has 8 unspecified atom stereocenters. The van der Waals surface area contributed by atoms with Crippen molar-refractivity contribution in [2.45, 2.75) is 111 Å². The lowest BCUT2D eigenvalue weighted by Gasteiger charge is -2.32. The van der Waals surface area contributed by atoms with Crippen LogP contribution < -0.4 is 42.0 Å². The topological polar surface area (TPSA) is 695 Å². The van der Waals surface area contributed by atoms with Gasteiger partial charge in [-0.25, -0.2) is 58.5 Å². The van der Waals surface area contributed by atoms with Crippen LogP contribution in [0.3, 0.4) is 0 Å². The minimum absolute atomic E-state index is 0.0318. The first kappa shape index (κ1) is 66.9. The summed E-state index contributed by atoms with van der Waals surface area (Å²) in [5, 5.41) is 101. The summed E-state index contributed by atoms with van der Waals surface area (Å²) in [4.78, 5) is 94.5. The predicted octanol–water partition coefficient (Wildman–Crippen LogP) is -7.88. The molecule has 500 valence electrons. The molecule has 0 saturated carbocycles. The van der Waals surface area contributed by atoms with Gasteiger partial charge in [0.2, 0.25) is 0 Å². The van der Waals surface area contributed by atoms with Gasteiger partial charge in [-0.2, -0.15) is 0 Å². The molecule has 46 nitrogen and oxygen atoms in total. The Morgan fingerprint density at radius 3 is 1.40 bits per heavy atom. The van der Waals surface area contributed by atoms with Gasteiger partial charge < -0.3 is 119 Å². The van der Waals surface area contributed by atoms with E-state index in [4.69, 9.17) is 41.2 Å². The molecule has 8 aromatic rings. The summed E-state index contributed by atoms with van der Waals surface area (Å²) in [6.07, 6.45) is -12.9. The highest BCUT2D eigenvalue weighted by Crippen LogP contribution is 2.58. The quantitative estimate of drug-likeness (QED) is 0.0315. The molecule has 0 bridgehead atoms. The molecule has 0 spiro atoms. The maximum Gasteiger partial charge on any atom is 0.274 e. The van der Waals surface area contributed by atoms with Gasteiger partial charge in [-0.05, 0) is 13.8 Å². The van der Waals surface area contributed by atoms with Crippen molar-refractivity contribution < 1.29 is 124 Å². The van der Waals surface area contributed by atoms with E-state index in [2.05, 4.69) is 86.5 Å². The second-order valence-corrected chi connectivity index (χ2v) is 26.7. The molecule has 16 N–H and O–H groups in total. The molecule has 0 aliphatic carbocycles. The van der Waals surface area contributed by atoms with E-state index in [-0.39, 0.29) is 67.3 Å². The molecule has 0 radical (unpaired) electrons. The summed E-state index contributed by atoms with van der Waals surface area (Å²) < 4.78 is 103. The number of aromatic amines is 2. The Bertz CT molecular complexity index is 4390. The molecule has 0 aromatic carbocycles. The lowest BCUT2D eigenvalue weighted by atomic mass is 10.0. The Labute approximate surface area is 510 Å². The predicted molar refractivity (Wildman–Crippen MR) is 284 cm³/mol. The third kappa shape index (κ3) is 12.7. The number of fused-ring (bicyclic) bond motifs is 4. The number of ether oxygens (including phenoxy) is 4. The number of hydrogen-bond donors (Lipinski definition) is 14. The zero-order valence-corrected chi connectivity index (χ0v) is 50.2. The summed E-state index contributed by atoms with van der Waals surface area (Å²) in [5.41, 5.74) is 9.04. The van der Waals surface area contributed by atoms with Gasteiger partial charge in [-0.3, -0.25) is 47.3 Å². The molecule has 12 rings (SSSR count). The lowest BCUT2D eigenvalue weighted by Crippen LogP contribution is -2.43. The van der Waals surface area contributed by atoms with Crippen molar-refractivity contribution in [3.63, 3.8) is 0 Å². The average Bonchev–Trinajstić information content (AvgIpc) is 1.60. The van der Waals surface area contributed by atoms with Crippen LogP contribution in [0.1, 0.15) is 26.3 Å². The molecule has 12 heterocycles. The Hall–Kier alpha value is -6.56. The van der Waals surface area contributed by atoms with Crippen molar-refractivity contribution in [3.8, 4) is 0 Å². The summed E-state index contributed by atoms with van der Waals surface area (Å²) >= 11 is 0. The van der Waals surface area contributed by atoms with E-state index in [9.17, 15) is 78.7 Å². The highest BCUT2D eigenvalue weighted by molar-refractivity contribution is 7.60. The van der Waals surface area contributed by atoms with Crippen LogP contribution in [0.2, 0.25) is 0 Å². The zero-order valence-electron chi connectivity index (χ0n) is 46.7. The fourth-order valence-corrected chi connectivity index (χ4v) is 14.3. The molecule has 0 amide bonds. The van der Waals surface area contributed by atoms with Crippen molar-refractivity contribution >= 4 is 87.6 Å². The van der Waals surface area contributed by atoms with Crippen molar-refractivity contribution in [1.82, 2.24) is 78.1 Å². The van der Waals surface area contributed by atoms with Gasteiger partial charge in [0, 0.05) is 0 Å². The van der Waals surface area contributed by atoms with E-state index in [0.29, 0.717) is 0 Å². The zero-order chi connectivity index (χ0) is 66.4. The van der Waals surface area contributed by atoms with Gasteiger partial charge >= 0.3 is 0 Å². The second-order valence-electron chi connectivity index (χ2n) is 20.8. The maximum absolute atomic E-state index is 12.4. The largest absolute Gasteiger partial charge is 0.756 e. The van der Waals surface area contributed by atoms with E-state index in [1.54, 1.807) is 0 Å². The van der Waals surface area contributed by atoms with Crippen LogP contribution in [0.4, 0.5) is 11.6 Å². The summed E-state index contributed by atoms with van der Waals surface area (Å²) in [6.45, 7) is -1.30. The van der Waals surface area contributed by atoms with Gasteiger partial charge in [0.15, 0.2) is 69.1 Å². The molecule has 92 heavy (non-hydrogen) atoms. The number of phosphoric acid groups is 4. The number of rotatable bonds is 20. The maximum atomic E-state index is 12.4. The standard InChI is InChI=1S/2C21H28N10O13P2/c1-21(31-7-28-11-16(22)25-5-27-19(11)31)15(35)13(33)9(43-21)3-41-46(38,39)44-45(36,37)40-2-8-12(32)14(34)20(42-8)30-6-29-17(23)10-18(30)26-4-24-10;1-21(31-7-28-10-16(22)25-5-27-19(10)31)15(35)13(33)9(43-21)3-41-46(38,39)44-45(36,37)40-2-8-12(32)14(34)20(42-8)30-6-29-18-11(17(30)23)24-4-26-18/h2*4-9,12-15,20,23,32-35H,2-3H2,1H3,(H,24,26)(H,36,37)(H,38,39)(H2,22,25,27)/p-4/t2*8-,9+,12+,13?,14?,15-,20-,21+/m11/s1. The summed E-state index contributed by atoms with van der Waals surface area (Å²) in [5.74, 6) is 0.0643. The van der Waals surface area contributed by atoms with Crippen LogP contribution >= 0.6 is 31.3 Å². The van der Waals surface area contributed by atoms with Crippen molar-refractivity contribution in [2.24, 2.45) is 0 Å². The number of nitrogens with zero attached hydrogens (tertiary/aromatic N) is 14. The normalized spacial score (nSPS) is 32.6. The number of aromatic nitrogens is 16. The third-order valence-electron chi connectivity index (χ3n) is 15.0. The average molecular weight is 1380 g/mol. The SMILES string of the molecule is C[C@]1(n2cnc3c(N)ncnc32)O[C@@H](COP(=O)([O-])OP(=O)([O-])OC[C@H]2O[C@@H](n3cnc(=N)c4[nH]cnc43)C(O)[C@H]2O)C(O)[C@H]1O.C[C@]1(n2cnc3c(N)ncnc32)O[C@@H](COP(=O)([O-])OP(=O)([O-])OC[C@H]2O[C@@H](n3cnc4nc[nH]c4c3=N)C(O)[C@H]2O)C(O)[C@H]1O. The number of nitrogen functional groups attached to an aromatic ring is 2. The number of nitrogens with two attached hydrogens (primary N) is 2. The Morgan fingerprint density at radius 1 is 0.522 bits per heavy atom. The first-order valence-corrected chi connectivity index (χ1v) is 32.2. The Balaban J connectivity index is 0.000000188. The smallest absolute Gasteiger partial charge is 0.274 e. The van der Waals surface area contributed by atoms with Crippen molar-refractivity contribution in [2.75, 3.05) is 37.9 Å². The van der Waals surface area contributed by atoms with Crippen LogP contribution in [-0.4, -0.2) is 219 Å². The first-order chi connectivity index (χ1) is 43.2. The highest BCUT2D eigenvalue weighted by Gasteiger charge is 2.55. The van der Waals surface area contributed by atoms with E-state index in [1.165, 1.54) is 52.9 Å². The van der Waals surface area contributed by atoms with E-state index in [0.717, 1.165) is 29.9 Å². The molecule has 20 atom stereocenters. The molecule has 4 fully saturated rings. The lowest BCUT2D eigenvalue weighted by molar-refractivity contribution is -0.249. The number of hydrogen-bond acceptors (Lipinski definition) is 40. The Morgan fingerprint density at radius 2 is 0.935 bits per heavy atom. The minimum atomic E-state index is -5.71. The number of imidazole rings is 4. The molecular formula is C42H52N20O26P4-4. The monoisotopic (exact) mass is 1380 g/mol. The van der Waals surface area contributed by atoms with Gasteiger partial charge in [0.1, 0.15) is 121 Å². The molecule has 8 aromatic heterocycles. The molecule has 4 aliphatic heterocycles. The number of anilines is 2. The third-order valence-corrected chi connectivity index (χ3v) is 20.1.